The third-order valence-electron chi connectivity index (χ3n) is 11.3. The zero-order chi connectivity index (χ0) is 27.3. The topological polar surface area (TPSA) is 80.7 Å². The van der Waals surface area contributed by atoms with Crippen LogP contribution in [0.4, 0.5) is 8.78 Å². The van der Waals surface area contributed by atoms with E-state index in [0.29, 0.717) is 36.0 Å². The van der Waals surface area contributed by atoms with E-state index in [1.807, 2.05) is 0 Å². The number of ether oxygens (including phenoxy) is 1. The van der Waals surface area contributed by atoms with Gasteiger partial charge in [0.25, 0.3) is 0 Å². The van der Waals surface area contributed by atoms with Gasteiger partial charge in [-0.2, -0.15) is 17.2 Å². The Labute approximate surface area is 222 Å². The minimum atomic E-state index is -5.85. The number of alkyl halides is 2. The van der Waals surface area contributed by atoms with Crippen molar-refractivity contribution in [2.75, 3.05) is 0 Å². The second-order valence-corrected chi connectivity index (χ2v) is 15.3. The number of rotatable bonds is 8. The molecule has 0 spiro atoms. The normalized spacial score (nSPS) is 41.0. The van der Waals surface area contributed by atoms with Gasteiger partial charge >= 0.3 is 21.3 Å². The van der Waals surface area contributed by atoms with Crippen LogP contribution in [-0.4, -0.2) is 30.3 Å². The second-order valence-electron chi connectivity index (χ2n) is 13.8. The van der Waals surface area contributed by atoms with E-state index in [1.54, 1.807) is 0 Å². The van der Waals surface area contributed by atoms with Gasteiger partial charge in [0, 0.05) is 0 Å². The molecule has 4 aliphatic carbocycles. The zero-order valence-corrected chi connectivity index (χ0v) is 24.1. The quantitative estimate of drug-likeness (QED) is 0.254. The fraction of sp³-hybridized carbons (Fsp3) is 0.966. The summed E-state index contributed by atoms with van der Waals surface area (Å²) in [6.45, 7) is 11.8. The summed E-state index contributed by atoms with van der Waals surface area (Å²) in [5, 5.41) is -4.93. The van der Waals surface area contributed by atoms with Crippen LogP contribution in [0.1, 0.15) is 105 Å². The molecule has 214 valence electrons. The molecule has 4 saturated carbocycles. The van der Waals surface area contributed by atoms with Gasteiger partial charge in [0.05, 0.1) is 0 Å². The smallest absolute Gasteiger partial charge is 0.457 e. The predicted molar refractivity (Wildman–Crippen MR) is 139 cm³/mol. The lowest BCUT2D eigenvalue weighted by Gasteiger charge is -2.58. The lowest BCUT2D eigenvalue weighted by molar-refractivity contribution is -0.174. The molecular formula is C29H48F2O5S. The molecule has 4 aliphatic rings. The van der Waals surface area contributed by atoms with Gasteiger partial charge in [0.2, 0.25) is 0 Å². The lowest BCUT2D eigenvalue weighted by Crippen LogP contribution is -2.52. The van der Waals surface area contributed by atoms with E-state index < -0.39 is 27.4 Å². The molecule has 4 rings (SSSR count). The molecule has 1 N–H and O–H groups in total. The van der Waals surface area contributed by atoms with Gasteiger partial charge in [0.15, 0.2) is 0 Å². The average Bonchev–Trinajstić information content (AvgIpc) is 3.15. The van der Waals surface area contributed by atoms with E-state index in [0.717, 1.165) is 42.4 Å². The molecule has 0 aromatic rings. The van der Waals surface area contributed by atoms with Crippen molar-refractivity contribution in [3.63, 3.8) is 0 Å². The molecule has 5 nitrogen and oxygen atoms in total. The molecule has 0 heterocycles. The maximum atomic E-state index is 13.8. The van der Waals surface area contributed by atoms with Gasteiger partial charge in [0.1, 0.15) is 6.10 Å². The first kappa shape index (κ1) is 29.2. The summed E-state index contributed by atoms with van der Waals surface area (Å²) in [5.41, 5.74) is 0.419. The van der Waals surface area contributed by atoms with Crippen molar-refractivity contribution < 1.29 is 31.3 Å². The molecule has 0 radical (unpaired) electrons. The maximum absolute atomic E-state index is 13.8. The molecule has 10 atom stereocenters. The molecule has 37 heavy (non-hydrogen) atoms. The van der Waals surface area contributed by atoms with Gasteiger partial charge in [-0.25, -0.2) is 4.79 Å². The van der Waals surface area contributed by atoms with Crippen molar-refractivity contribution in [3.05, 3.63) is 0 Å². The minimum absolute atomic E-state index is 0.222. The monoisotopic (exact) mass is 546 g/mol. The molecule has 0 amide bonds. The van der Waals surface area contributed by atoms with Gasteiger partial charge < -0.3 is 4.74 Å². The first-order valence-corrected chi connectivity index (χ1v) is 16.2. The van der Waals surface area contributed by atoms with E-state index >= 15 is 0 Å². The fourth-order valence-corrected chi connectivity index (χ4v) is 10.0. The summed E-state index contributed by atoms with van der Waals surface area (Å²) in [5.74, 6) is 3.34. The lowest BCUT2D eigenvalue weighted by atomic mass is 9.47. The second kappa shape index (κ2) is 10.7. The molecule has 4 fully saturated rings. The summed E-state index contributed by atoms with van der Waals surface area (Å²) < 4.78 is 63.2. The Morgan fingerprint density at radius 3 is 2.41 bits per heavy atom. The van der Waals surface area contributed by atoms with Crippen LogP contribution >= 0.6 is 0 Å². The van der Waals surface area contributed by atoms with Crippen LogP contribution in [0.15, 0.2) is 0 Å². The average molecular weight is 547 g/mol. The van der Waals surface area contributed by atoms with Crippen LogP contribution in [-0.2, 0) is 19.6 Å². The van der Waals surface area contributed by atoms with Crippen LogP contribution in [0.2, 0.25) is 0 Å². The third-order valence-corrected chi connectivity index (χ3v) is 12.1. The Morgan fingerprint density at radius 1 is 1.05 bits per heavy atom. The number of hydrogen-bond acceptors (Lipinski definition) is 4. The van der Waals surface area contributed by atoms with Crippen LogP contribution in [0, 0.1) is 58.7 Å². The van der Waals surface area contributed by atoms with E-state index in [4.69, 9.17) is 9.29 Å². The number of carbonyl (C=O) groups is 1. The Kier molecular flexibility index (Phi) is 8.42. The van der Waals surface area contributed by atoms with Crippen molar-refractivity contribution >= 4 is 16.1 Å². The molecule has 0 aromatic heterocycles. The fourth-order valence-electron chi connectivity index (χ4n) is 9.77. The van der Waals surface area contributed by atoms with Crippen molar-refractivity contribution in [1.29, 1.82) is 0 Å². The van der Waals surface area contributed by atoms with E-state index in [9.17, 15) is 22.0 Å². The molecule has 8 heteroatoms. The van der Waals surface area contributed by atoms with E-state index in [1.165, 1.54) is 44.9 Å². The van der Waals surface area contributed by atoms with Crippen molar-refractivity contribution in [2.45, 2.75) is 117 Å². The number of fused-ring (bicyclic) bond motifs is 5. The number of halogens is 2. The van der Waals surface area contributed by atoms with Crippen molar-refractivity contribution in [2.24, 2.45) is 58.7 Å². The Balaban J connectivity index is 1.40. The molecular weight excluding hydrogens is 498 g/mol. The van der Waals surface area contributed by atoms with Crippen molar-refractivity contribution in [3.8, 4) is 0 Å². The first-order chi connectivity index (χ1) is 17.2. The molecule has 0 aromatic carbocycles. The summed E-state index contributed by atoms with van der Waals surface area (Å²) in [7, 11) is -5.85. The summed E-state index contributed by atoms with van der Waals surface area (Å²) >= 11 is 0. The highest BCUT2D eigenvalue weighted by Gasteiger charge is 2.59. The largest absolute Gasteiger partial charge is 0.465 e. The summed E-state index contributed by atoms with van der Waals surface area (Å²) in [6, 6.07) is 0. The number of hydrogen-bond donors (Lipinski definition) is 1. The van der Waals surface area contributed by atoms with Crippen LogP contribution in [0.5, 0.6) is 0 Å². The van der Waals surface area contributed by atoms with E-state index in [2.05, 4.69) is 34.6 Å². The zero-order valence-electron chi connectivity index (χ0n) is 23.3. The van der Waals surface area contributed by atoms with Crippen LogP contribution < -0.4 is 0 Å². The Morgan fingerprint density at radius 2 is 1.76 bits per heavy atom. The maximum Gasteiger partial charge on any atom is 0.465 e. The summed E-state index contributed by atoms with van der Waals surface area (Å²) in [4.78, 5) is 11.9. The SMILES string of the molecule is CC(C)CCCC(C)C1CCC2C3CCC4CC(OC(=O)C(F)(F)S(=O)(=O)O)CC(C)C4C3CCC12C. The van der Waals surface area contributed by atoms with Crippen LogP contribution in [0.25, 0.3) is 0 Å². The minimum Gasteiger partial charge on any atom is -0.457 e. The Hall–Kier alpha value is -0.760. The number of esters is 1. The standard InChI is InChI=1S/C29H48F2O5S/c1-17(2)7-6-8-18(3)24-11-12-25-22-10-9-20-16-21(36-27(32)29(30,31)37(33,34)35)15-19(4)26(20)23(22)13-14-28(24,25)5/h17-26H,6-16H2,1-5H3,(H,33,34,35). The Bertz CT molecular complexity index is 937. The van der Waals surface area contributed by atoms with Crippen LogP contribution in [0.3, 0.4) is 0 Å². The highest BCUT2D eigenvalue weighted by molar-refractivity contribution is 7.87. The molecule has 0 bridgehead atoms. The first-order valence-electron chi connectivity index (χ1n) is 14.7. The summed E-state index contributed by atoms with van der Waals surface area (Å²) in [6.07, 6.45) is 11.5. The van der Waals surface area contributed by atoms with E-state index in [-0.39, 0.29) is 5.92 Å². The molecule has 0 saturated heterocycles. The van der Waals surface area contributed by atoms with Gasteiger partial charge in [-0.3, -0.25) is 4.55 Å². The molecule has 0 aliphatic heterocycles. The van der Waals surface area contributed by atoms with Crippen molar-refractivity contribution in [1.82, 2.24) is 0 Å². The highest BCUT2D eigenvalue weighted by atomic mass is 32.2. The predicted octanol–water partition coefficient (Wildman–Crippen LogP) is 7.36. The van der Waals surface area contributed by atoms with Gasteiger partial charge in [-0.1, -0.05) is 53.9 Å². The van der Waals surface area contributed by atoms with Gasteiger partial charge in [-0.05, 0) is 110 Å². The van der Waals surface area contributed by atoms with Gasteiger partial charge in [-0.15, -0.1) is 0 Å². The third kappa shape index (κ3) is 5.49. The highest BCUT2D eigenvalue weighted by Crippen LogP contribution is 2.66. The number of carbonyl (C=O) groups excluding carboxylic acids is 1. The molecule has 10 unspecified atom stereocenters.